The third-order valence-electron chi connectivity index (χ3n) is 4.34. The zero-order chi connectivity index (χ0) is 20.1. The van der Waals surface area contributed by atoms with Crippen LogP contribution in [0.2, 0.25) is 0 Å². The molecule has 0 aliphatic rings. The number of nitro benzene ring substituents is 1. The van der Waals surface area contributed by atoms with Gasteiger partial charge in [-0.2, -0.15) is 0 Å². The average molecular weight is 377 g/mol. The summed E-state index contributed by atoms with van der Waals surface area (Å²) in [5, 5.41) is 13.7. The summed E-state index contributed by atoms with van der Waals surface area (Å²) >= 11 is 0. The van der Waals surface area contributed by atoms with Crippen LogP contribution in [0.15, 0.2) is 71.7 Å². The van der Waals surface area contributed by atoms with Gasteiger partial charge in [0.25, 0.3) is 17.2 Å². The number of aromatic nitrogens is 1. The Morgan fingerprint density at radius 1 is 1.07 bits per heavy atom. The van der Waals surface area contributed by atoms with Crippen LogP contribution in [0.4, 0.5) is 11.4 Å². The maximum absolute atomic E-state index is 12.5. The van der Waals surface area contributed by atoms with Crippen molar-refractivity contribution in [2.24, 2.45) is 0 Å². The number of pyridine rings is 1. The van der Waals surface area contributed by atoms with Crippen LogP contribution >= 0.6 is 0 Å². The molecular weight excluding hydrogens is 358 g/mol. The first kappa shape index (κ1) is 19.0. The highest BCUT2D eigenvalue weighted by Crippen LogP contribution is 2.14. The lowest BCUT2D eigenvalue weighted by Gasteiger charge is -2.10. The third-order valence-corrected chi connectivity index (χ3v) is 4.34. The number of nitro groups is 1. The fourth-order valence-electron chi connectivity index (χ4n) is 2.78. The van der Waals surface area contributed by atoms with E-state index < -0.39 is 4.92 Å². The van der Waals surface area contributed by atoms with E-state index in [-0.39, 0.29) is 23.7 Å². The van der Waals surface area contributed by atoms with Gasteiger partial charge in [-0.05, 0) is 35.7 Å². The quantitative estimate of drug-likeness (QED) is 0.524. The molecule has 0 atom stereocenters. The number of nitrogens with zero attached hydrogens (tertiary/aromatic N) is 2. The summed E-state index contributed by atoms with van der Waals surface area (Å²) < 4.78 is 1.36. The molecule has 1 N–H and O–H groups in total. The first-order valence-corrected chi connectivity index (χ1v) is 8.80. The number of anilines is 1. The van der Waals surface area contributed by atoms with Crippen molar-refractivity contribution in [1.82, 2.24) is 4.57 Å². The number of amides is 1. The number of aryl methyl sites for hydroxylation is 1. The molecule has 142 valence electrons. The normalized spacial score (nSPS) is 10.5. The van der Waals surface area contributed by atoms with Crippen LogP contribution in [0.1, 0.15) is 28.4 Å². The van der Waals surface area contributed by atoms with Gasteiger partial charge in [0.15, 0.2) is 0 Å². The number of hydrogen-bond acceptors (Lipinski definition) is 4. The van der Waals surface area contributed by atoms with Crippen LogP contribution in [0.3, 0.4) is 0 Å². The van der Waals surface area contributed by atoms with Gasteiger partial charge in [0.2, 0.25) is 0 Å². The van der Waals surface area contributed by atoms with E-state index in [4.69, 9.17) is 0 Å². The minimum Gasteiger partial charge on any atom is -0.322 e. The van der Waals surface area contributed by atoms with Gasteiger partial charge >= 0.3 is 0 Å². The molecule has 1 aromatic heterocycles. The second-order valence-electron chi connectivity index (χ2n) is 6.32. The van der Waals surface area contributed by atoms with Crippen LogP contribution in [0, 0.1) is 10.1 Å². The fourth-order valence-corrected chi connectivity index (χ4v) is 2.78. The second kappa shape index (κ2) is 8.30. The van der Waals surface area contributed by atoms with Crippen molar-refractivity contribution in [3.63, 3.8) is 0 Å². The maximum Gasteiger partial charge on any atom is 0.269 e. The Morgan fingerprint density at radius 2 is 1.82 bits per heavy atom. The van der Waals surface area contributed by atoms with Crippen molar-refractivity contribution < 1.29 is 9.72 Å². The zero-order valence-corrected chi connectivity index (χ0v) is 15.3. The highest BCUT2D eigenvalue weighted by molar-refractivity contribution is 6.04. The summed E-state index contributed by atoms with van der Waals surface area (Å²) in [5.74, 6) is -0.336. The van der Waals surface area contributed by atoms with E-state index in [9.17, 15) is 19.7 Å². The van der Waals surface area contributed by atoms with E-state index in [1.807, 2.05) is 24.3 Å². The topological polar surface area (TPSA) is 94.2 Å². The van der Waals surface area contributed by atoms with Gasteiger partial charge in [-0.1, -0.05) is 31.2 Å². The lowest BCUT2D eigenvalue weighted by molar-refractivity contribution is -0.384. The van der Waals surface area contributed by atoms with Crippen molar-refractivity contribution in [1.29, 1.82) is 0 Å². The highest BCUT2D eigenvalue weighted by atomic mass is 16.6. The maximum atomic E-state index is 12.5. The molecule has 0 aliphatic carbocycles. The summed E-state index contributed by atoms with van der Waals surface area (Å²) in [6, 6.07) is 16.4. The molecule has 3 rings (SSSR count). The van der Waals surface area contributed by atoms with Crippen LogP contribution in [0.25, 0.3) is 0 Å². The van der Waals surface area contributed by atoms with E-state index >= 15 is 0 Å². The molecule has 0 bridgehead atoms. The minimum absolute atomic E-state index is 0.0463. The van der Waals surface area contributed by atoms with Crippen LogP contribution in [0.5, 0.6) is 0 Å². The Balaban J connectivity index is 1.80. The monoisotopic (exact) mass is 377 g/mol. The number of non-ortho nitro benzene ring substituents is 1. The predicted molar refractivity (Wildman–Crippen MR) is 107 cm³/mol. The van der Waals surface area contributed by atoms with Gasteiger partial charge in [-0.25, -0.2) is 0 Å². The van der Waals surface area contributed by atoms with Crippen molar-refractivity contribution in [2.75, 3.05) is 5.32 Å². The summed E-state index contributed by atoms with van der Waals surface area (Å²) in [5.41, 5.74) is 2.42. The molecule has 1 heterocycles. The molecule has 28 heavy (non-hydrogen) atoms. The molecule has 0 aliphatic heterocycles. The Labute approximate surface area is 161 Å². The standard InChI is InChI=1S/C21H19N3O4/c1-2-15-6-9-18(10-7-15)22-21(26)17-8-11-20(25)23(14-17)13-16-4-3-5-19(12-16)24(27)28/h3-12,14H,2,13H2,1H3,(H,22,26). The van der Waals surface area contributed by atoms with E-state index in [2.05, 4.69) is 12.2 Å². The number of nitrogens with one attached hydrogen (secondary N) is 1. The zero-order valence-electron chi connectivity index (χ0n) is 15.3. The lowest BCUT2D eigenvalue weighted by atomic mass is 10.1. The molecular formula is C21H19N3O4. The molecule has 0 saturated heterocycles. The Hall–Kier alpha value is -3.74. The van der Waals surface area contributed by atoms with E-state index in [0.717, 1.165) is 6.42 Å². The Bertz CT molecular complexity index is 1070. The van der Waals surface area contributed by atoms with Crippen molar-refractivity contribution in [3.8, 4) is 0 Å². The number of rotatable bonds is 6. The third kappa shape index (κ3) is 4.50. The molecule has 0 unspecified atom stereocenters. The molecule has 7 heteroatoms. The Morgan fingerprint density at radius 3 is 2.50 bits per heavy atom. The lowest BCUT2D eigenvalue weighted by Crippen LogP contribution is -2.22. The molecule has 3 aromatic rings. The van der Waals surface area contributed by atoms with Gasteiger partial charge in [0.05, 0.1) is 17.0 Å². The summed E-state index contributed by atoms with van der Waals surface area (Å²) in [4.78, 5) is 35.1. The molecule has 1 amide bonds. The fraction of sp³-hybridized carbons (Fsp3) is 0.143. The summed E-state index contributed by atoms with van der Waals surface area (Å²) in [6.45, 7) is 2.19. The van der Waals surface area contributed by atoms with Crippen molar-refractivity contribution in [3.05, 3.63) is 104 Å². The molecule has 2 aromatic carbocycles. The number of benzene rings is 2. The van der Waals surface area contributed by atoms with Crippen molar-refractivity contribution in [2.45, 2.75) is 19.9 Å². The van der Waals surface area contributed by atoms with E-state index in [1.54, 1.807) is 12.1 Å². The van der Waals surface area contributed by atoms with E-state index in [1.165, 1.54) is 40.6 Å². The SMILES string of the molecule is CCc1ccc(NC(=O)c2ccc(=O)n(Cc3cccc([N+](=O)[O-])c3)c2)cc1. The van der Waals surface area contributed by atoms with Gasteiger partial charge in [-0.3, -0.25) is 19.7 Å². The molecule has 0 saturated carbocycles. The van der Waals surface area contributed by atoms with Crippen molar-refractivity contribution >= 4 is 17.3 Å². The summed E-state index contributed by atoms with van der Waals surface area (Å²) in [6.07, 6.45) is 2.37. The first-order chi connectivity index (χ1) is 13.5. The van der Waals surface area contributed by atoms with Crippen LogP contribution < -0.4 is 10.9 Å². The van der Waals surface area contributed by atoms with Gasteiger partial charge < -0.3 is 9.88 Å². The highest BCUT2D eigenvalue weighted by Gasteiger charge is 2.10. The predicted octanol–water partition coefficient (Wildman–Crippen LogP) is 3.62. The molecule has 0 fully saturated rings. The summed E-state index contributed by atoms with van der Waals surface area (Å²) in [7, 11) is 0. The number of hydrogen-bond donors (Lipinski definition) is 1. The number of carbonyl (C=O) groups excluding carboxylic acids is 1. The smallest absolute Gasteiger partial charge is 0.269 e. The largest absolute Gasteiger partial charge is 0.322 e. The van der Waals surface area contributed by atoms with Crippen LogP contribution in [-0.2, 0) is 13.0 Å². The van der Waals surface area contributed by atoms with Gasteiger partial charge in [-0.15, -0.1) is 0 Å². The molecule has 0 spiro atoms. The minimum atomic E-state index is -0.486. The number of carbonyl (C=O) groups is 1. The molecule has 0 radical (unpaired) electrons. The van der Waals surface area contributed by atoms with Gasteiger partial charge in [0, 0.05) is 30.1 Å². The van der Waals surface area contributed by atoms with E-state index in [0.29, 0.717) is 16.8 Å². The first-order valence-electron chi connectivity index (χ1n) is 8.80. The van der Waals surface area contributed by atoms with Crippen LogP contribution in [-0.4, -0.2) is 15.4 Å². The molecule has 7 nitrogen and oxygen atoms in total. The van der Waals surface area contributed by atoms with Gasteiger partial charge in [0.1, 0.15) is 0 Å². The Kier molecular flexibility index (Phi) is 5.64. The second-order valence-corrected chi connectivity index (χ2v) is 6.32. The average Bonchev–Trinajstić information content (AvgIpc) is 2.70.